The lowest BCUT2D eigenvalue weighted by molar-refractivity contribution is 0.252. The van der Waals surface area contributed by atoms with E-state index in [9.17, 15) is 0 Å². The Hall–Kier alpha value is -3.04. The van der Waals surface area contributed by atoms with Gasteiger partial charge in [-0.3, -0.25) is 0 Å². The fourth-order valence-corrected chi connectivity index (χ4v) is 5.52. The van der Waals surface area contributed by atoms with E-state index < -0.39 is 0 Å². The zero-order valence-electron chi connectivity index (χ0n) is 20.0. The van der Waals surface area contributed by atoms with Crippen LogP contribution in [0, 0.1) is 31.1 Å². The Labute approximate surface area is 200 Å². The Kier molecular flexibility index (Phi) is 7.85. The summed E-state index contributed by atoms with van der Waals surface area (Å²) in [5, 5.41) is 0. The van der Waals surface area contributed by atoms with Gasteiger partial charge in [0.1, 0.15) is 0 Å². The van der Waals surface area contributed by atoms with Gasteiger partial charge in [0.2, 0.25) is 0 Å². The third-order valence-corrected chi connectivity index (χ3v) is 7.46. The average molecular weight is 433 g/mol. The zero-order valence-corrected chi connectivity index (χ0v) is 20.0. The molecule has 0 heterocycles. The van der Waals surface area contributed by atoms with E-state index in [4.69, 9.17) is 6.42 Å². The van der Waals surface area contributed by atoms with E-state index in [-0.39, 0.29) is 0 Å². The molecule has 0 spiro atoms. The maximum Gasteiger partial charge on any atom is 0.0242 e. The zero-order chi connectivity index (χ0) is 23.0. The van der Waals surface area contributed by atoms with Crippen molar-refractivity contribution in [2.24, 2.45) is 11.8 Å². The number of terminal acetylenes is 1. The fourth-order valence-electron chi connectivity index (χ4n) is 5.52. The van der Waals surface area contributed by atoms with Crippen molar-refractivity contribution in [3.63, 3.8) is 0 Å². The van der Waals surface area contributed by atoms with Gasteiger partial charge in [-0.2, -0.15) is 0 Å². The number of rotatable bonds is 8. The molecule has 1 aliphatic rings. The summed E-state index contributed by atoms with van der Waals surface area (Å²) in [6.07, 6.45) is 14.0. The molecular weight excluding hydrogens is 396 g/mol. The third kappa shape index (κ3) is 6.27. The summed E-state index contributed by atoms with van der Waals surface area (Å²) >= 11 is 0. The summed E-state index contributed by atoms with van der Waals surface area (Å²) in [5.41, 5.74) is 7.97. The maximum atomic E-state index is 5.51. The summed E-state index contributed by atoms with van der Waals surface area (Å²) in [5.74, 6) is 4.64. The molecular formula is C33H36. The van der Waals surface area contributed by atoms with Crippen molar-refractivity contribution in [2.45, 2.75) is 57.8 Å². The van der Waals surface area contributed by atoms with Gasteiger partial charge in [-0.25, -0.2) is 0 Å². The fraction of sp³-hybridized carbons (Fsp3) is 0.333. The predicted octanol–water partition coefficient (Wildman–Crippen LogP) is 8.30. The number of hydrogen-bond acceptors (Lipinski definition) is 0. The first kappa shape index (κ1) is 23.1. The number of benzene rings is 3. The molecule has 0 aromatic heterocycles. The molecule has 1 unspecified atom stereocenters. The van der Waals surface area contributed by atoms with Crippen molar-refractivity contribution in [3.05, 3.63) is 119 Å². The predicted molar refractivity (Wildman–Crippen MR) is 141 cm³/mol. The molecule has 0 aliphatic heterocycles. The highest BCUT2D eigenvalue weighted by Crippen LogP contribution is 2.43. The molecule has 1 aliphatic carbocycles. The Balaban J connectivity index is 1.41. The lowest BCUT2D eigenvalue weighted by Gasteiger charge is -2.35. The first-order valence-corrected chi connectivity index (χ1v) is 12.5. The van der Waals surface area contributed by atoms with Crippen LogP contribution in [0.15, 0.2) is 91.0 Å². The van der Waals surface area contributed by atoms with Gasteiger partial charge >= 0.3 is 0 Å². The molecule has 0 nitrogen and oxygen atoms in total. The van der Waals surface area contributed by atoms with Gasteiger partial charge in [0.05, 0.1) is 0 Å². The van der Waals surface area contributed by atoms with E-state index >= 15 is 0 Å². The highest BCUT2D eigenvalue weighted by Gasteiger charge is 2.30. The summed E-state index contributed by atoms with van der Waals surface area (Å²) < 4.78 is 0. The van der Waals surface area contributed by atoms with E-state index in [1.165, 1.54) is 59.9 Å². The highest BCUT2D eigenvalue weighted by molar-refractivity contribution is 5.35. The molecule has 1 atom stereocenters. The first-order chi connectivity index (χ1) is 16.1. The second-order valence-electron chi connectivity index (χ2n) is 9.86. The van der Waals surface area contributed by atoms with E-state index in [1.54, 1.807) is 0 Å². The maximum absolute atomic E-state index is 5.51. The SMILES string of the molecule is C#Cc1ccc(CC2CCC(C(C(=C)CCc3ccccc3)c3ccc(C)cc3)CC2)cc1. The molecule has 0 saturated heterocycles. The second-order valence-corrected chi connectivity index (χ2v) is 9.86. The van der Waals surface area contributed by atoms with Crippen molar-refractivity contribution < 1.29 is 0 Å². The van der Waals surface area contributed by atoms with Crippen LogP contribution in [0.25, 0.3) is 0 Å². The molecule has 33 heavy (non-hydrogen) atoms. The summed E-state index contributed by atoms with van der Waals surface area (Å²) in [7, 11) is 0. The van der Waals surface area contributed by atoms with Crippen LogP contribution in [0.4, 0.5) is 0 Å². The summed E-state index contributed by atoms with van der Waals surface area (Å²) in [4.78, 5) is 0. The van der Waals surface area contributed by atoms with E-state index in [0.717, 1.165) is 24.3 Å². The Bertz CT molecular complexity index is 1060. The number of aryl methyl sites for hydroxylation is 2. The molecule has 168 valence electrons. The van der Waals surface area contributed by atoms with Crippen molar-refractivity contribution in [1.82, 2.24) is 0 Å². The number of allylic oxidation sites excluding steroid dienone is 1. The van der Waals surface area contributed by atoms with E-state index in [1.807, 2.05) is 0 Å². The Morgan fingerprint density at radius 3 is 2.18 bits per heavy atom. The van der Waals surface area contributed by atoms with Gasteiger partial charge in [-0.15, -0.1) is 6.42 Å². The first-order valence-electron chi connectivity index (χ1n) is 12.5. The molecule has 1 saturated carbocycles. The molecule has 4 rings (SSSR count). The number of hydrogen-bond donors (Lipinski definition) is 0. The molecule has 1 fully saturated rings. The average Bonchev–Trinajstić information content (AvgIpc) is 2.86. The minimum Gasteiger partial charge on any atom is -0.115 e. The van der Waals surface area contributed by atoms with E-state index in [2.05, 4.69) is 98.3 Å². The molecule has 0 heteroatoms. The van der Waals surface area contributed by atoms with Gasteiger partial charge in [0, 0.05) is 11.5 Å². The lowest BCUT2D eigenvalue weighted by atomic mass is 9.69. The van der Waals surface area contributed by atoms with Gasteiger partial charge in [-0.05, 0) is 92.5 Å². The van der Waals surface area contributed by atoms with Crippen molar-refractivity contribution in [1.29, 1.82) is 0 Å². The van der Waals surface area contributed by atoms with E-state index in [0.29, 0.717) is 11.8 Å². The van der Waals surface area contributed by atoms with Crippen LogP contribution in [0.1, 0.15) is 65.8 Å². The van der Waals surface area contributed by atoms with Crippen LogP contribution in [0.2, 0.25) is 0 Å². The van der Waals surface area contributed by atoms with Crippen LogP contribution < -0.4 is 0 Å². The van der Waals surface area contributed by atoms with Crippen LogP contribution in [0.5, 0.6) is 0 Å². The molecule has 3 aromatic carbocycles. The minimum atomic E-state index is 0.463. The molecule has 0 N–H and O–H groups in total. The quantitative estimate of drug-likeness (QED) is 0.248. The largest absolute Gasteiger partial charge is 0.115 e. The van der Waals surface area contributed by atoms with Gasteiger partial charge in [-0.1, -0.05) is 90.4 Å². The third-order valence-electron chi connectivity index (χ3n) is 7.46. The van der Waals surface area contributed by atoms with Gasteiger partial charge in [0.15, 0.2) is 0 Å². The van der Waals surface area contributed by atoms with Gasteiger partial charge < -0.3 is 0 Å². The van der Waals surface area contributed by atoms with Crippen molar-refractivity contribution in [2.75, 3.05) is 0 Å². The van der Waals surface area contributed by atoms with Crippen LogP contribution in [-0.4, -0.2) is 0 Å². The van der Waals surface area contributed by atoms with Crippen LogP contribution >= 0.6 is 0 Å². The van der Waals surface area contributed by atoms with Crippen LogP contribution in [-0.2, 0) is 12.8 Å². The van der Waals surface area contributed by atoms with Crippen molar-refractivity contribution in [3.8, 4) is 12.3 Å². The molecule has 0 amide bonds. The minimum absolute atomic E-state index is 0.463. The smallest absolute Gasteiger partial charge is 0.0242 e. The summed E-state index contributed by atoms with van der Waals surface area (Å²) in [6, 6.07) is 28.6. The van der Waals surface area contributed by atoms with Gasteiger partial charge in [0.25, 0.3) is 0 Å². The monoisotopic (exact) mass is 432 g/mol. The topological polar surface area (TPSA) is 0 Å². The standard InChI is InChI=1S/C33H36/c1-4-27-14-16-29(17-15-27)24-30-18-22-32(23-19-30)33(31-20-10-25(2)11-21-31)26(3)12-13-28-8-6-5-7-9-28/h1,5-11,14-17,20-21,30,32-33H,3,12-13,18-19,22-24H2,2H3. The molecule has 3 aromatic rings. The lowest BCUT2D eigenvalue weighted by Crippen LogP contribution is -2.23. The summed E-state index contributed by atoms with van der Waals surface area (Å²) in [6.45, 7) is 6.80. The van der Waals surface area contributed by atoms with Crippen molar-refractivity contribution >= 4 is 0 Å². The highest BCUT2D eigenvalue weighted by atomic mass is 14.3. The second kappa shape index (κ2) is 11.2. The van der Waals surface area contributed by atoms with Crippen LogP contribution in [0.3, 0.4) is 0 Å². The Morgan fingerprint density at radius 2 is 1.55 bits per heavy atom. The Morgan fingerprint density at radius 1 is 0.879 bits per heavy atom. The normalized spacial score (nSPS) is 18.9. The molecule has 0 bridgehead atoms. The molecule has 0 radical (unpaired) electrons.